The summed E-state index contributed by atoms with van der Waals surface area (Å²) >= 11 is 0. The Kier molecular flexibility index (Phi) is 4.55. The van der Waals surface area contributed by atoms with Crippen molar-refractivity contribution in [2.45, 2.75) is 32.4 Å². The van der Waals surface area contributed by atoms with Gasteiger partial charge in [0.2, 0.25) is 0 Å². The third kappa shape index (κ3) is 3.81. The van der Waals surface area contributed by atoms with Crippen molar-refractivity contribution in [1.29, 1.82) is 0 Å². The molecule has 1 aliphatic carbocycles. The number of aryl methyl sites for hydroxylation is 1. The van der Waals surface area contributed by atoms with Gasteiger partial charge >= 0.3 is 0 Å². The van der Waals surface area contributed by atoms with E-state index in [0.29, 0.717) is 18.2 Å². The summed E-state index contributed by atoms with van der Waals surface area (Å²) in [4.78, 5) is 4.18. The van der Waals surface area contributed by atoms with Gasteiger partial charge in [-0.3, -0.25) is 4.99 Å². The number of aliphatic imine (C=N–C) groups is 1. The van der Waals surface area contributed by atoms with Crippen molar-refractivity contribution in [1.82, 2.24) is 10.6 Å². The fourth-order valence-corrected chi connectivity index (χ4v) is 2.06. The Bertz CT molecular complexity index is 486. The summed E-state index contributed by atoms with van der Waals surface area (Å²) in [6.07, 6.45) is 6.39. The molecule has 3 nitrogen and oxygen atoms in total. The van der Waals surface area contributed by atoms with E-state index in [9.17, 15) is 4.39 Å². The number of rotatable bonds is 3. The molecule has 1 aromatic rings. The molecule has 0 unspecified atom stereocenters. The van der Waals surface area contributed by atoms with Crippen molar-refractivity contribution in [2.75, 3.05) is 7.05 Å². The van der Waals surface area contributed by atoms with Crippen LogP contribution in [0.2, 0.25) is 0 Å². The van der Waals surface area contributed by atoms with Gasteiger partial charge in [0.25, 0.3) is 0 Å². The number of guanidine groups is 1. The smallest absolute Gasteiger partial charge is 0.191 e. The lowest BCUT2D eigenvalue weighted by Crippen LogP contribution is -2.42. The first-order valence-corrected chi connectivity index (χ1v) is 6.56. The first kappa shape index (κ1) is 13.6. The van der Waals surface area contributed by atoms with Gasteiger partial charge in [0.1, 0.15) is 5.82 Å². The number of hydrogen-bond donors (Lipinski definition) is 2. The third-order valence-corrected chi connectivity index (χ3v) is 3.27. The summed E-state index contributed by atoms with van der Waals surface area (Å²) in [6, 6.07) is 5.70. The van der Waals surface area contributed by atoms with Gasteiger partial charge in [0.05, 0.1) is 0 Å². The highest BCUT2D eigenvalue weighted by molar-refractivity contribution is 5.80. The molecular formula is C15H20FN3. The molecule has 2 rings (SSSR count). The third-order valence-electron chi connectivity index (χ3n) is 3.27. The average molecular weight is 261 g/mol. The lowest BCUT2D eigenvalue weighted by atomic mass is 10.1. The molecule has 0 bridgehead atoms. The molecule has 1 aromatic carbocycles. The standard InChI is InChI=1S/C15H20FN3/c1-11-7-8-12(9-14(11)16)10-18-15(17-2)19-13-5-3-4-6-13/h3-4,7-9,13H,5-6,10H2,1-2H3,(H2,17,18,19). The predicted octanol–water partition coefficient (Wildman–Crippen LogP) is 2.52. The highest BCUT2D eigenvalue weighted by atomic mass is 19.1. The average Bonchev–Trinajstić information content (AvgIpc) is 2.91. The van der Waals surface area contributed by atoms with E-state index in [0.717, 1.165) is 24.4 Å². The summed E-state index contributed by atoms with van der Waals surface area (Å²) in [7, 11) is 1.74. The maximum Gasteiger partial charge on any atom is 0.191 e. The molecule has 0 aliphatic heterocycles. The van der Waals surface area contributed by atoms with E-state index >= 15 is 0 Å². The normalized spacial score (nSPS) is 15.8. The summed E-state index contributed by atoms with van der Waals surface area (Å²) in [5.41, 5.74) is 1.58. The molecule has 0 saturated heterocycles. The molecule has 0 heterocycles. The predicted molar refractivity (Wildman–Crippen MR) is 76.6 cm³/mol. The Hall–Kier alpha value is -1.84. The van der Waals surface area contributed by atoms with Gasteiger partial charge in [-0.2, -0.15) is 0 Å². The minimum atomic E-state index is -0.165. The van der Waals surface area contributed by atoms with E-state index in [1.165, 1.54) is 0 Å². The molecule has 4 heteroatoms. The lowest BCUT2D eigenvalue weighted by Gasteiger charge is -2.17. The van der Waals surface area contributed by atoms with Crippen LogP contribution in [0.1, 0.15) is 24.0 Å². The van der Waals surface area contributed by atoms with E-state index in [-0.39, 0.29) is 5.82 Å². The number of halogens is 1. The van der Waals surface area contributed by atoms with Crippen LogP contribution in [0.15, 0.2) is 35.3 Å². The highest BCUT2D eigenvalue weighted by Gasteiger charge is 2.11. The monoisotopic (exact) mass is 261 g/mol. The Morgan fingerprint density at radius 1 is 1.37 bits per heavy atom. The second kappa shape index (κ2) is 6.36. The Balaban J connectivity index is 1.87. The summed E-state index contributed by atoms with van der Waals surface area (Å²) in [6.45, 7) is 2.33. The second-order valence-electron chi connectivity index (χ2n) is 4.79. The molecule has 0 fully saturated rings. The SMILES string of the molecule is CN=C(NCc1ccc(C)c(F)c1)NC1CC=CC1. The van der Waals surface area contributed by atoms with Crippen molar-refractivity contribution < 1.29 is 4.39 Å². The van der Waals surface area contributed by atoms with Crippen LogP contribution in [0.3, 0.4) is 0 Å². The van der Waals surface area contributed by atoms with Crippen LogP contribution >= 0.6 is 0 Å². The zero-order valence-corrected chi connectivity index (χ0v) is 11.4. The molecule has 0 saturated carbocycles. The Labute approximate surface area is 113 Å². The van der Waals surface area contributed by atoms with E-state index in [1.807, 2.05) is 6.07 Å². The van der Waals surface area contributed by atoms with Crippen LogP contribution in [-0.4, -0.2) is 19.0 Å². The zero-order chi connectivity index (χ0) is 13.7. The van der Waals surface area contributed by atoms with Crippen LogP contribution in [0.5, 0.6) is 0 Å². The molecule has 0 aromatic heterocycles. The molecule has 2 N–H and O–H groups in total. The molecule has 0 atom stereocenters. The van der Waals surface area contributed by atoms with E-state index in [4.69, 9.17) is 0 Å². The molecule has 1 aliphatic rings. The highest BCUT2D eigenvalue weighted by Crippen LogP contribution is 2.10. The first-order valence-electron chi connectivity index (χ1n) is 6.56. The van der Waals surface area contributed by atoms with Gasteiger partial charge in [-0.25, -0.2) is 4.39 Å². The van der Waals surface area contributed by atoms with Crippen LogP contribution in [0, 0.1) is 12.7 Å². The molecule has 0 spiro atoms. The molecule has 19 heavy (non-hydrogen) atoms. The van der Waals surface area contributed by atoms with Gasteiger partial charge < -0.3 is 10.6 Å². The molecular weight excluding hydrogens is 241 g/mol. The van der Waals surface area contributed by atoms with Crippen molar-refractivity contribution in [3.63, 3.8) is 0 Å². The minimum Gasteiger partial charge on any atom is -0.353 e. The topological polar surface area (TPSA) is 36.4 Å². The van der Waals surface area contributed by atoms with Crippen LogP contribution in [0.25, 0.3) is 0 Å². The van der Waals surface area contributed by atoms with E-state index in [1.54, 1.807) is 26.1 Å². The van der Waals surface area contributed by atoms with Crippen molar-refractivity contribution in [3.8, 4) is 0 Å². The maximum atomic E-state index is 13.4. The second-order valence-corrected chi connectivity index (χ2v) is 4.79. The minimum absolute atomic E-state index is 0.165. The number of benzene rings is 1. The summed E-state index contributed by atoms with van der Waals surface area (Å²) in [5, 5.41) is 6.55. The number of nitrogens with zero attached hydrogens (tertiary/aromatic N) is 1. The van der Waals surface area contributed by atoms with E-state index in [2.05, 4.69) is 27.8 Å². The molecule has 102 valence electrons. The van der Waals surface area contributed by atoms with Gasteiger partial charge in [0, 0.05) is 19.6 Å². The van der Waals surface area contributed by atoms with Gasteiger partial charge in [-0.15, -0.1) is 0 Å². The van der Waals surface area contributed by atoms with Crippen molar-refractivity contribution in [3.05, 3.63) is 47.3 Å². The fourth-order valence-electron chi connectivity index (χ4n) is 2.06. The van der Waals surface area contributed by atoms with Crippen LogP contribution < -0.4 is 10.6 Å². The molecule has 0 amide bonds. The lowest BCUT2D eigenvalue weighted by molar-refractivity contribution is 0.613. The van der Waals surface area contributed by atoms with E-state index < -0.39 is 0 Å². The largest absolute Gasteiger partial charge is 0.353 e. The zero-order valence-electron chi connectivity index (χ0n) is 11.4. The fraction of sp³-hybridized carbons (Fsp3) is 0.400. The molecule has 0 radical (unpaired) electrons. The number of nitrogens with one attached hydrogen (secondary N) is 2. The van der Waals surface area contributed by atoms with Gasteiger partial charge in [0.15, 0.2) is 5.96 Å². The number of hydrogen-bond acceptors (Lipinski definition) is 1. The van der Waals surface area contributed by atoms with Gasteiger partial charge in [-0.1, -0.05) is 24.3 Å². The van der Waals surface area contributed by atoms with Crippen molar-refractivity contribution in [2.24, 2.45) is 4.99 Å². The Morgan fingerprint density at radius 3 is 2.74 bits per heavy atom. The maximum absolute atomic E-state index is 13.4. The first-order chi connectivity index (χ1) is 9.19. The van der Waals surface area contributed by atoms with Crippen molar-refractivity contribution >= 4 is 5.96 Å². The van der Waals surface area contributed by atoms with Gasteiger partial charge in [-0.05, 0) is 37.0 Å². The summed E-state index contributed by atoms with van der Waals surface area (Å²) in [5.74, 6) is 0.594. The van der Waals surface area contributed by atoms with Crippen LogP contribution in [-0.2, 0) is 6.54 Å². The Morgan fingerprint density at radius 2 is 2.11 bits per heavy atom. The van der Waals surface area contributed by atoms with Crippen LogP contribution in [0.4, 0.5) is 4.39 Å². The summed E-state index contributed by atoms with van der Waals surface area (Å²) < 4.78 is 13.4. The quantitative estimate of drug-likeness (QED) is 0.498.